The van der Waals surface area contributed by atoms with E-state index in [9.17, 15) is 9.59 Å². The standard InChI is InChI=1S/C13H15N3O2S/c1-19-8-4-7-14-13(18)11-9-5-2-3-6-10(9)12(17)16-15-11/h2-3,5-6H,4,7-8H2,1H3,(H,14,18)(H,16,17). The summed E-state index contributed by atoms with van der Waals surface area (Å²) in [6.45, 7) is 0.606. The quantitative estimate of drug-likeness (QED) is 0.810. The van der Waals surface area contributed by atoms with Crippen LogP contribution in [0.4, 0.5) is 0 Å². The topological polar surface area (TPSA) is 74.8 Å². The smallest absolute Gasteiger partial charge is 0.272 e. The molecule has 0 aliphatic rings. The van der Waals surface area contributed by atoms with E-state index in [0.29, 0.717) is 17.3 Å². The first-order valence-electron chi connectivity index (χ1n) is 5.98. The number of carbonyl (C=O) groups is 1. The summed E-state index contributed by atoms with van der Waals surface area (Å²) in [4.78, 5) is 23.6. The third kappa shape index (κ3) is 3.14. The number of thioether (sulfide) groups is 1. The van der Waals surface area contributed by atoms with Crippen LogP contribution in [0.2, 0.25) is 0 Å². The van der Waals surface area contributed by atoms with Gasteiger partial charge >= 0.3 is 0 Å². The van der Waals surface area contributed by atoms with E-state index in [1.54, 1.807) is 36.0 Å². The number of H-pyrrole nitrogens is 1. The second kappa shape index (κ2) is 6.38. The third-order valence-electron chi connectivity index (χ3n) is 2.72. The zero-order valence-corrected chi connectivity index (χ0v) is 11.4. The molecule has 2 rings (SSSR count). The molecule has 6 heteroatoms. The molecule has 100 valence electrons. The van der Waals surface area contributed by atoms with Gasteiger partial charge in [-0.25, -0.2) is 5.10 Å². The molecule has 19 heavy (non-hydrogen) atoms. The van der Waals surface area contributed by atoms with E-state index in [2.05, 4.69) is 15.5 Å². The largest absolute Gasteiger partial charge is 0.351 e. The molecule has 1 amide bonds. The van der Waals surface area contributed by atoms with Crippen molar-refractivity contribution in [1.82, 2.24) is 15.5 Å². The van der Waals surface area contributed by atoms with Crippen molar-refractivity contribution in [3.05, 3.63) is 40.3 Å². The normalized spacial score (nSPS) is 10.6. The Bertz CT molecular complexity index is 639. The molecule has 0 bridgehead atoms. The number of nitrogens with one attached hydrogen (secondary N) is 2. The number of aromatic nitrogens is 2. The van der Waals surface area contributed by atoms with Gasteiger partial charge in [-0.15, -0.1) is 0 Å². The molecule has 2 N–H and O–H groups in total. The number of benzene rings is 1. The highest BCUT2D eigenvalue weighted by Crippen LogP contribution is 2.11. The summed E-state index contributed by atoms with van der Waals surface area (Å²) in [5.74, 6) is 0.744. The van der Waals surface area contributed by atoms with Gasteiger partial charge in [0.25, 0.3) is 11.5 Å². The summed E-state index contributed by atoms with van der Waals surface area (Å²) in [5, 5.41) is 10.1. The highest BCUT2D eigenvalue weighted by Gasteiger charge is 2.12. The van der Waals surface area contributed by atoms with Crippen molar-refractivity contribution >= 4 is 28.4 Å². The predicted octanol–water partition coefficient (Wildman–Crippen LogP) is 1.41. The number of amides is 1. The molecule has 2 aromatic rings. The van der Waals surface area contributed by atoms with Crippen LogP contribution in [0.25, 0.3) is 10.8 Å². The molecule has 0 spiro atoms. The van der Waals surface area contributed by atoms with Crippen LogP contribution in [-0.4, -0.2) is 34.7 Å². The van der Waals surface area contributed by atoms with Gasteiger partial charge in [-0.3, -0.25) is 9.59 Å². The molecule has 1 aromatic carbocycles. The van der Waals surface area contributed by atoms with E-state index in [1.165, 1.54) is 0 Å². The Morgan fingerprint density at radius 1 is 1.37 bits per heavy atom. The van der Waals surface area contributed by atoms with Gasteiger partial charge in [0.15, 0.2) is 5.69 Å². The molecule has 0 unspecified atom stereocenters. The molecule has 0 fully saturated rings. The summed E-state index contributed by atoms with van der Waals surface area (Å²) >= 11 is 1.74. The van der Waals surface area contributed by atoms with Gasteiger partial charge in [-0.2, -0.15) is 16.9 Å². The molecule has 1 heterocycles. The van der Waals surface area contributed by atoms with Crippen LogP contribution >= 0.6 is 11.8 Å². The Morgan fingerprint density at radius 2 is 2.11 bits per heavy atom. The van der Waals surface area contributed by atoms with E-state index in [1.807, 2.05) is 6.26 Å². The number of rotatable bonds is 5. The minimum atomic E-state index is -0.283. The minimum absolute atomic E-state index is 0.256. The Balaban J connectivity index is 2.23. The molecule has 0 atom stereocenters. The summed E-state index contributed by atoms with van der Waals surface area (Å²) in [5.41, 5.74) is -0.0196. The lowest BCUT2D eigenvalue weighted by molar-refractivity contribution is 0.0949. The Labute approximate surface area is 114 Å². The maximum absolute atomic E-state index is 12.0. The number of fused-ring (bicyclic) bond motifs is 1. The highest BCUT2D eigenvalue weighted by atomic mass is 32.2. The number of hydrogen-bond acceptors (Lipinski definition) is 4. The van der Waals surface area contributed by atoms with Gasteiger partial charge in [0.2, 0.25) is 0 Å². The van der Waals surface area contributed by atoms with Gasteiger partial charge in [-0.05, 0) is 24.5 Å². The molecule has 0 saturated heterocycles. The average Bonchev–Trinajstić information content (AvgIpc) is 2.44. The zero-order valence-electron chi connectivity index (χ0n) is 10.6. The van der Waals surface area contributed by atoms with Crippen LogP contribution in [0, 0.1) is 0 Å². The molecule has 0 saturated carbocycles. The van der Waals surface area contributed by atoms with Crippen molar-refractivity contribution in [2.45, 2.75) is 6.42 Å². The molecule has 0 aliphatic heterocycles. The van der Waals surface area contributed by atoms with Gasteiger partial charge in [-0.1, -0.05) is 18.2 Å². The zero-order chi connectivity index (χ0) is 13.7. The Morgan fingerprint density at radius 3 is 2.84 bits per heavy atom. The number of hydrogen-bond donors (Lipinski definition) is 2. The lowest BCUT2D eigenvalue weighted by Crippen LogP contribution is -2.27. The molecular weight excluding hydrogens is 262 g/mol. The highest BCUT2D eigenvalue weighted by molar-refractivity contribution is 7.98. The van der Waals surface area contributed by atoms with Crippen LogP contribution < -0.4 is 10.9 Å². The van der Waals surface area contributed by atoms with Crippen LogP contribution in [0.5, 0.6) is 0 Å². The fourth-order valence-corrected chi connectivity index (χ4v) is 2.22. The van der Waals surface area contributed by atoms with Gasteiger partial charge in [0.1, 0.15) is 0 Å². The molecule has 0 aliphatic carbocycles. The lowest BCUT2D eigenvalue weighted by Gasteiger charge is -2.06. The lowest BCUT2D eigenvalue weighted by atomic mass is 10.1. The van der Waals surface area contributed by atoms with E-state index in [-0.39, 0.29) is 17.2 Å². The SMILES string of the molecule is CSCCCNC(=O)c1n[nH]c(=O)c2ccccc12. The van der Waals surface area contributed by atoms with E-state index in [0.717, 1.165) is 12.2 Å². The molecule has 5 nitrogen and oxygen atoms in total. The molecule has 1 aromatic heterocycles. The second-order valence-corrected chi connectivity index (χ2v) is 5.03. The van der Waals surface area contributed by atoms with Crippen molar-refractivity contribution in [1.29, 1.82) is 0 Å². The third-order valence-corrected chi connectivity index (χ3v) is 3.42. The maximum Gasteiger partial charge on any atom is 0.272 e. The summed E-state index contributed by atoms with van der Waals surface area (Å²) in [6.07, 6.45) is 2.94. The summed E-state index contributed by atoms with van der Waals surface area (Å²) in [6, 6.07) is 6.96. The fraction of sp³-hybridized carbons (Fsp3) is 0.308. The second-order valence-electron chi connectivity index (χ2n) is 4.05. The maximum atomic E-state index is 12.0. The van der Waals surface area contributed by atoms with E-state index < -0.39 is 0 Å². The van der Waals surface area contributed by atoms with Crippen LogP contribution in [0.3, 0.4) is 0 Å². The van der Waals surface area contributed by atoms with Gasteiger partial charge < -0.3 is 5.32 Å². The fourth-order valence-electron chi connectivity index (χ4n) is 1.79. The molecular formula is C13H15N3O2S. The van der Waals surface area contributed by atoms with E-state index >= 15 is 0 Å². The first kappa shape index (κ1) is 13.6. The van der Waals surface area contributed by atoms with Crippen LogP contribution in [0.15, 0.2) is 29.1 Å². The van der Waals surface area contributed by atoms with Crippen LogP contribution in [-0.2, 0) is 0 Å². The van der Waals surface area contributed by atoms with Crippen molar-refractivity contribution in [3.63, 3.8) is 0 Å². The number of aromatic amines is 1. The summed E-state index contributed by atoms with van der Waals surface area (Å²) < 4.78 is 0. The Hall–Kier alpha value is -1.82. The van der Waals surface area contributed by atoms with Gasteiger partial charge in [0, 0.05) is 11.9 Å². The number of carbonyl (C=O) groups excluding carboxylic acids is 1. The van der Waals surface area contributed by atoms with Crippen LogP contribution in [0.1, 0.15) is 16.9 Å². The predicted molar refractivity (Wildman–Crippen MR) is 77.7 cm³/mol. The van der Waals surface area contributed by atoms with E-state index in [4.69, 9.17) is 0 Å². The first-order chi connectivity index (χ1) is 9.24. The van der Waals surface area contributed by atoms with Crippen molar-refractivity contribution in [2.75, 3.05) is 18.6 Å². The Kier molecular flexibility index (Phi) is 4.57. The number of nitrogens with zero attached hydrogens (tertiary/aromatic N) is 1. The summed E-state index contributed by atoms with van der Waals surface area (Å²) in [7, 11) is 0. The van der Waals surface area contributed by atoms with Crippen molar-refractivity contribution in [2.24, 2.45) is 0 Å². The van der Waals surface area contributed by atoms with Crippen molar-refractivity contribution < 1.29 is 4.79 Å². The molecule has 0 radical (unpaired) electrons. The monoisotopic (exact) mass is 277 g/mol. The average molecular weight is 277 g/mol. The van der Waals surface area contributed by atoms with Gasteiger partial charge in [0.05, 0.1) is 5.39 Å². The minimum Gasteiger partial charge on any atom is -0.351 e. The van der Waals surface area contributed by atoms with Crippen molar-refractivity contribution in [3.8, 4) is 0 Å². The first-order valence-corrected chi connectivity index (χ1v) is 7.38.